The normalized spacial score (nSPS) is 10.3. The number of amidine groups is 1. The first-order valence-corrected chi connectivity index (χ1v) is 6.63. The quantitative estimate of drug-likeness (QED) is 0.646. The Balaban J connectivity index is 2.13. The summed E-state index contributed by atoms with van der Waals surface area (Å²) in [7, 11) is 2.03. The van der Waals surface area contributed by atoms with Crippen molar-refractivity contribution in [1.82, 2.24) is 4.98 Å². The molecule has 0 spiro atoms. The van der Waals surface area contributed by atoms with Gasteiger partial charge in [-0.2, -0.15) is 0 Å². The van der Waals surface area contributed by atoms with Crippen LogP contribution < -0.4 is 10.6 Å². The number of nitrogens with one attached hydrogen (secondary N) is 1. The molecule has 2 aromatic rings. The Kier molecular flexibility index (Phi) is 4.35. The van der Waals surface area contributed by atoms with Gasteiger partial charge in [0.25, 0.3) is 0 Å². The lowest BCUT2D eigenvalue weighted by Gasteiger charge is -2.22. The number of pyridine rings is 1. The van der Waals surface area contributed by atoms with Crippen LogP contribution in [0.2, 0.25) is 0 Å². The number of hydrogen-bond donors (Lipinski definition) is 2. The molecule has 104 valence electrons. The van der Waals surface area contributed by atoms with Gasteiger partial charge in [-0.3, -0.25) is 10.4 Å². The Morgan fingerprint density at radius 2 is 1.95 bits per heavy atom. The van der Waals surface area contributed by atoms with Crippen LogP contribution in [0.15, 0.2) is 42.7 Å². The van der Waals surface area contributed by atoms with Crippen molar-refractivity contribution in [1.29, 1.82) is 5.41 Å². The van der Waals surface area contributed by atoms with Gasteiger partial charge in [-0.25, -0.2) is 0 Å². The zero-order chi connectivity index (χ0) is 14.5. The summed E-state index contributed by atoms with van der Waals surface area (Å²) in [5.41, 5.74) is 9.83. The van der Waals surface area contributed by atoms with Gasteiger partial charge in [-0.05, 0) is 43.2 Å². The highest BCUT2D eigenvalue weighted by Crippen LogP contribution is 2.20. The third-order valence-electron chi connectivity index (χ3n) is 3.34. The number of benzene rings is 1. The molecule has 0 saturated heterocycles. The van der Waals surface area contributed by atoms with Crippen LogP contribution in [0.1, 0.15) is 16.7 Å². The predicted octanol–water partition coefficient (Wildman–Crippen LogP) is 2.35. The van der Waals surface area contributed by atoms with Crippen molar-refractivity contribution in [3.05, 3.63) is 59.4 Å². The zero-order valence-electron chi connectivity index (χ0n) is 11.9. The third kappa shape index (κ3) is 3.35. The first-order chi connectivity index (χ1) is 9.58. The van der Waals surface area contributed by atoms with Crippen LogP contribution in [-0.2, 0) is 6.42 Å². The van der Waals surface area contributed by atoms with Crippen LogP contribution in [0.5, 0.6) is 0 Å². The molecular weight excluding hydrogens is 248 g/mol. The van der Waals surface area contributed by atoms with Crippen molar-refractivity contribution in [2.24, 2.45) is 5.73 Å². The van der Waals surface area contributed by atoms with Crippen LogP contribution >= 0.6 is 0 Å². The highest BCUT2D eigenvalue weighted by atomic mass is 15.1. The van der Waals surface area contributed by atoms with E-state index < -0.39 is 0 Å². The summed E-state index contributed by atoms with van der Waals surface area (Å²) in [6.07, 6.45) is 4.55. The summed E-state index contributed by atoms with van der Waals surface area (Å²) in [4.78, 5) is 6.15. The minimum absolute atomic E-state index is 0.111. The molecule has 2 rings (SSSR count). The molecule has 0 fully saturated rings. The largest absolute Gasteiger partial charge is 0.384 e. The van der Waals surface area contributed by atoms with Gasteiger partial charge in [0.1, 0.15) is 5.84 Å². The molecule has 0 aliphatic carbocycles. The standard InChI is InChI=1S/C16H20N4/c1-12-3-4-15(14(11-12)16(17)18)20(2)10-7-13-5-8-19-9-6-13/h3-6,8-9,11H,7,10H2,1-2H3,(H3,17,18). The first kappa shape index (κ1) is 14.1. The van der Waals surface area contributed by atoms with Gasteiger partial charge in [0, 0.05) is 37.2 Å². The number of hydrogen-bond acceptors (Lipinski definition) is 3. The van der Waals surface area contributed by atoms with Gasteiger partial charge >= 0.3 is 0 Å². The van der Waals surface area contributed by atoms with E-state index >= 15 is 0 Å². The maximum Gasteiger partial charge on any atom is 0.124 e. The number of aryl methyl sites for hydroxylation is 1. The minimum atomic E-state index is 0.111. The third-order valence-corrected chi connectivity index (χ3v) is 3.34. The number of nitrogens with two attached hydrogens (primary N) is 1. The maximum absolute atomic E-state index is 7.71. The molecule has 3 N–H and O–H groups in total. The van der Waals surface area contributed by atoms with Crippen molar-refractivity contribution in [3.8, 4) is 0 Å². The lowest BCUT2D eigenvalue weighted by molar-refractivity contribution is 0.873. The first-order valence-electron chi connectivity index (χ1n) is 6.63. The molecule has 4 nitrogen and oxygen atoms in total. The molecule has 0 bridgehead atoms. The number of anilines is 1. The fourth-order valence-corrected chi connectivity index (χ4v) is 2.17. The lowest BCUT2D eigenvalue weighted by Crippen LogP contribution is -2.24. The Bertz CT molecular complexity index is 593. The van der Waals surface area contributed by atoms with Crippen molar-refractivity contribution < 1.29 is 0 Å². The number of rotatable bonds is 5. The van der Waals surface area contributed by atoms with E-state index in [9.17, 15) is 0 Å². The van der Waals surface area contributed by atoms with Crippen LogP contribution in [0.25, 0.3) is 0 Å². The number of nitrogens with zero attached hydrogens (tertiary/aromatic N) is 2. The molecule has 1 aromatic heterocycles. The minimum Gasteiger partial charge on any atom is -0.384 e. The number of nitrogen functional groups attached to an aromatic ring is 1. The van der Waals surface area contributed by atoms with Crippen LogP contribution in [-0.4, -0.2) is 24.4 Å². The van der Waals surface area contributed by atoms with E-state index in [-0.39, 0.29) is 5.84 Å². The highest BCUT2D eigenvalue weighted by Gasteiger charge is 2.10. The van der Waals surface area contributed by atoms with Gasteiger partial charge in [-0.15, -0.1) is 0 Å². The summed E-state index contributed by atoms with van der Waals surface area (Å²) in [5.74, 6) is 0.111. The monoisotopic (exact) mass is 268 g/mol. The second kappa shape index (κ2) is 6.19. The summed E-state index contributed by atoms with van der Waals surface area (Å²) in [6, 6.07) is 10.1. The Morgan fingerprint density at radius 1 is 1.25 bits per heavy atom. The number of likely N-dealkylation sites (N-methyl/N-ethyl adjacent to an activating group) is 1. The Hall–Kier alpha value is -2.36. The number of aromatic nitrogens is 1. The van der Waals surface area contributed by atoms with Crippen molar-refractivity contribution in [2.75, 3.05) is 18.5 Å². The Morgan fingerprint density at radius 3 is 2.60 bits per heavy atom. The van der Waals surface area contributed by atoms with Crippen LogP contribution in [0.3, 0.4) is 0 Å². The summed E-state index contributed by atoms with van der Waals surface area (Å²) in [6.45, 7) is 2.88. The van der Waals surface area contributed by atoms with Crippen molar-refractivity contribution in [3.63, 3.8) is 0 Å². The molecule has 0 atom stereocenters. The molecule has 0 unspecified atom stereocenters. The molecular formula is C16H20N4. The molecule has 1 heterocycles. The Labute approximate surface area is 119 Å². The smallest absolute Gasteiger partial charge is 0.124 e. The van der Waals surface area contributed by atoms with Crippen molar-refractivity contribution in [2.45, 2.75) is 13.3 Å². The van der Waals surface area contributed by atoms with E-state index in [1.54, 1.807) is 0 Å². The van der Waals surface area contributed by atoms with Crippen molar-refractivity contribution >= 4 is 11.5 Å². The van der Waals surface area contributed by atoms with E-state index in [0.29, 0.717) is 0 Å². The molecule has 4 heteroatoms. The second-order valence-electron chi connectivity index (χ2n) is 4.96. The van der Waals surface area contributed by atoms with Gasteiger partial charge in [-0.1, -0.05) is 11.6 Å². The topological polar surface area (TPSA) is 66.0 Å². The zero-order valence-corrected chi connectivity index (χ0v) is 11.9. The average molecular weight is 268 g/mol. The second-order valence-corrected chi connectivity index (χ2v) is 4.96. The predicted molar refractivity (Wildman–Crippen MR) is 83.4 cm³/mol. The van der Waals surface area contributed by atoms with Gasteiger partial charge in [0.05, 0.1) is 0 Å². The fraction of sp³-hybridized carbons (Fsp3) is 0.250. The molecule has 1 aromatic carbocycles. The van der Waals surface area contributed by atoms with E-state index in [1.165, 1.54) is 5.56 Å². The average Bonchev–Trinajstić information content (AvgIpc) is 2.45. The van der Waals surface area contributed by atoms with Crippen LogP contribution in [0.4, 0.5) is 5.69 Å². The summed E-state index contributed by atoms with van der Waals surface area (Å²) < 4.78 is 0. The molecule has 20 heavy (non-hydrogen) atoms. The molecule has 0 amide bonds. The molecule has 0 aliphatic rings. The SMILES string of the molecule is Cc1ccc(N(C)CCc2ccncc2)c(C(=N)N)c1. The lowest BCUT2D eigenvalue weighted by atomic mass is 10.1. The molecule has 0 aliphatic heterocycles. The van der Waals surface area contributed by atoms with E-state index in [0.717, 1.165) is 29.8 Å². The summed E-state index contributed by atoms with van der Waals surface area (Å²) >= 11 is 0. The van der Waals surface area contributed by atoms with Gasteiger partial charge in [0.2, 0.25) is 0 Å². The van der Waals surface area contributed by atoms with Crippen LogP contribution in [0, 0.1) is 12.3 Å². The maximum atomic E-state index is 7.71. The van der Waals surface area contributed by atoms with Gasteiger partial charge in [0.15, 0.2) is 0 Å². The van der Waals surface area contributed by atoms with E-state index in [2.05, 4.69) is 9.88 Å². The molecule has 0 saturated carbocycles. The van der Waals surface area contributed by atoms with E-state index in [4.69, 9.17) is 11.1 Å². The van der Waals surface area contributed by atoms with Gasteiger partial charge < -0.3 is 10.6 Å². The summed E-state index contributed by atoms with van der Waals surface area (Å²) in [5, 5.41) is 7.71. The fourth-order valence-electron chi connectivity index (χ4n) is 2.17. The highest BCUT2D eigenvalue weighted by molar-refractivity contribution is 6.00. The van der Waals surface area contributed by atoms with E-state index in [1.807, 2.05) is 56.7 Å². The molecule has 0 radical (unpaired) electrons.